The molecular formula is C103H172O16P2. The smallest absolute Gasteiger partial charge is 0.463 e. The molecule has 0 aromatic carbocycles. The Morgan fingerprint density at radius 1 is 0.231 bits per heavy atom. The van der Waals surface area contributed by atoms with E-state index in [0.717, 1.165) is 193 Å². The number of allylic oxidation sites excluding steroid dienone is 32. The molecule has 0 heterocycles. The van der Waals surface area contributed by atoms with Crippen molar-refractivity contribution in [1.29, 1.82) is 0 Å². The summed E-state index contributed by atoms with van der Waals surface area (Å²) in [4.78, 5) is 59.0. The highest BCUT2D eigenvalue weighted by atomic mass is 31.2. The van der Waals surface area contributed by atoms with Crippen LogP contribution in [0, 0.1) is 0 Å². The number of rotatable bonds is 89. The van der Waals surface area contributed by atoms with Crippen molar-refractivity contribution in [1.82, 2.24) is 0 Å². The molecule has 0 aromatic rings. The van der Waals surface area contributed by atoms with E-state index >= 15 is 0 Å². The summed E-state index contributed by atoms with van der Waals surface area (Å²) in [5, 5.41) is 20.8. The number of unbranched alkanes of at least 4 members (excludes halogenated alkanes) is 34. The van der Waals surface area contributed by atoms with Crippen LogP contribution in [-0.4, -0.2) is 95.9 Å². The SMILES string of the molecule is CC/C=C\C/C=C\C/C=C\C/C=C\C/C=C\C/C=C\CCCCCCCCCCCCCCCCCCC(=O)OCC(O)COP(=O)(O)OCC(O)COP(=O)(O)OCC(COC(=O)CCCCCCCCCCCCCC/C=C\C/C=C\C/C=C\C/C=C\C/C=C\C/C=C\CC)OC(=O)CCCCCCCC/C=C\C/C=C\C/C=C\C/C=C\CC. The van der Waals surface area contributed by atoms with Crippen LogP contribution in [0.5, 0.6) is 0 Å². The van der Waals surface area contributed by atoms with Gasteiger partial charge in [-0.3, -0.25) is 32.5 Å². The summed E-state index contributed by atoms with van der Waals surface area (Å²) in [5.74, 6) is -1.59. The first kappa shape index (κ1) is 115. The summed E-state index contributed by atoms with van der Waals surface area (Å²) < 4.78 is 61.5. The van der Waals surface area contributed by atoms with Gasteiger partial charge in [0.2, 0.25) is 0 Å². The van der Waals surface area contributed by atoms with Gasteiger partial charge in [0, 0.05) is 19.3 Å². The Morgan fingerprint density at radius 3 is 0.653 bits per heavy atom. The van der Waals surface area contributed by atoms with E-state index in [0.29, 0.717) is 19.3 Å². The lowest BCUT2D eigenvalue weighted by Gasteiger charge is -2.21. The van der Waals surface area contributed by atoms with Gasteiger partial charge in [-0.15, -0.1) is 0 Å². The van der Waals surface area contributed by atoms with Crippen molar-refractivity contribution in [2.75, 3.05) is 39.6 Å². The van der Waals surface area contributed by atoms with Crippen molar-refractivity contribution < 1.29 is 75.8 Å². The fourth-order valence-electron chi connectivity index (χ4n) is 12.7. The number of ether oxygens (including phenoxy) is 3. The molecule has 0 radical (unpaired) electrons. The monoisotopic (exact) mass is 1730 g/mol. The zero-order valence-corrected chi connectivity index (χ0v) is 77.9. The molecule has 5 unspecified atom stereocenters. The number of carbonyl (C=O) groups excluding carboxylic acids is 3. The van der Waals surface area contributed by atoms with Gasteiger partial charge >= 0.3 is 33.6 Å². The summed E-state index contributed by atoms with van der Waals surface area (Å²) in [6.07, 6.45) is 125. The summed E-state index contributed by atoms with van der Waals surface area (Å²) in [6, 6.07) is 0. The molecule has 690 valence electrons. The molecule has 0 aliphatic heterocycles. The molecule has 5 atom stereocenters. The van der Waals surface area contributed by atoms with Crippen molar-refractivity contribution in [3.8, 4) is 0 Å². The fourth-order valence-corrected chi connectivity index (χ4v) is 14.3. The van der Waals surface area contributed by atoms with Gasteiger partial charge in [0.15, 0.2) is 6.10 Å². The minimum absolute atomic E-state index is 0.0832. The average molecular weight is 1730 g/mol. The van der Waals surface area contributed by atoms with Gasteiger partial charge in [-0.1, -0.05) is 395 Å². The summed E-state index contributed by atoms with van der Waals surface area (Å²) in [5.41, 5.74) is 0. The van der Waals surface area contributed by atoms with Gasteiger partial charge in [0.25, 0.3) is 0 Å². The summed E-state index contributed by atoms with van der Waals surface area (Å²) in [6.45, 7) is 2.36. The summed E-state index contributed by atoms with van der Waals surface area (Å²) in [7, 11) is -9.82. The van der Waals surface area contributed by atoms with Crippen LogP contribution in [-0.2, 0) is 55.8 Å². The van der Waals surface area contributed by atoms with Crippen molar-refractivity contribution >= 4 is 33.6 Å². The van der Waals surface area contributed by atoms with Crippen molar-refractivity contribution in [2.24, 2.45) is 0 Å². The summed E-state index contributed by atoms with van der Waals surface area (Å²) >= 11 is 0. The third-order valence-electron chi connectivity index (χ3n) is 19.8. The van der Waals surface area contributed by atoms with E-state index in [1.807, 2.05) is 0 Å². The van der Waals surface area contributed by atoms with Crippen LogP contribution in [0.3, 0.4) is 0 Å². The van der Waals surface area contributed by atoms with Gasteiger partial charge in [0.1, 0.15) is 25.4 Å². The van der Waals surface area contributed by atoms with Crippen LogP contribution >= 0.6 is 15.6 Å². The fraction of sp³-hybridized carbons (Fsp3) is 0.660. The van der Waals surface area contributed by atoms with Crippen molar-refractivity contribution in [3.63, 3.8) is 0 Å². The molecular weight excluding hydrogens is 1560 g/mol. The second-order valence-corrected chi connectivity index (χ2v) is 34.3. The van der Waals surface area contributed by atoms with E-state index in [9.17, 15) is 43.5 Å². The minimum Gasteiger partial charge on any atom is -0.463 e. The largest absolute Gasteiger partial charge is 0.472 e. The number of phosphoric ester groups is 2. The number of aliphatic hydroxyl groups excluding tert-OH is 2. The Bertz CT molecular complexity index is 2980. The molecule has 0 spiro atoms. The molecule has 0 rings (SSSR count). The van der Waals surface area contributed by atoms with Crippen LogP contribution in [0.15, 0.2) is 194 Å². The molecule has 121 heavy (non-hydrogen) atoms. The molecule has 0 saturated carbocycles. The molecule has 0 saturated heterocycles. The number of carbonyl (C=O) groups is 3. The molecule has 0 fully saturated rings. The molecule has 4 N–H and O–H groups in total. The molecule has 18 heteroatoms. The third-order valence-corrected chi connectivity index (χ3v) is 21.7. The van der Waals surface area contributed by atoms with E-state index in [1.54, 1.807) is 0 Å². The second-order valence-electron chi connectivity index (χ2n) is 31.4. The maximum atomic E-state index is 13.1. The lowest BCUT2D eigenvalue weighted by molar-refractivity contribution is -0.161. The second kappa shape index (κ2) is 93.5. The maximum absolute atomic E-state index is 13.1. The minimum atomic E-state index is -4.95. The first-order valence-corrected chi connectivity index (χ1v) is 50.7. The van der Waals surface area contributed by atoms with E-state index in [4.69, 9.17) is 32.3 Å². The van der Waals surface area contributed by atoms with Crippen LogP contribution in [0.4, 0.5) is 0 Å². The zero-order chi connectivity index (χ0) is 87.9. The number of hydrogen-bond donors (Lipinski definition) is 4. The Balaban J connectivity index is 4.53. The van der Waals surface area contributed by atoms with E-state index < -0.39 is 91.5 Å². The zero-order valence-electron chi connectivity index (χ0n) is 76.1. The highest BCUT2D eigenvalue weighted by molar-refractivity contribution is 7.47. The Kier molecular flexibility index (Phi) is 89.2. The van der Waals surface area contributed by atoms with Crippen LogP contribution in [0.2, 0.25) is 0 Å². The lowest BCUT2D eigenvalue weighted by Crippen LogP contribution is -2.30. The van der Waals surface area contributed by atoms with Gasteiger partial charge < -0.3 is 34.2 Å². The Labute approximate surface area is 737 Å². The topological polar surface area (TPSA) is 231 Å². The first-order valence-electron chi connectivity index (χ1n) is 47.7. The number of aliphatic hydroxyl groups is 2. The predicted octanol–water partition coefficient (Wildman–Crippen LogP) is 29.8. The predicted molar refractivity (Wildman–Crippen MR) is 509 cm³/mol. The van der Waals surface area contributed by atoms with Crippen molar-refractivity contribution in [3.05, 3.63) is 194 Å². The Hall–Kier alpha value is -5.61. The first-order chi connectivity index (χ1) is 59.2. The normalized spacial score (nSPS) is 14.6. The van der Waals surface area contributed by atoms with Gasteiger partial charge in [-0.25, -0.2) is 9.13 Å². The van der Waals surface area contributed by atoms with E-state index in [1.165, 1.54) is 128 Å². The number of hydrogen-bond acceptors (Lipinski definition) is 14. The molecule has 0 aromatic heterocycles. The van der Waals surface area contributed by atoms with Gasteiger partial charge in [-0.05, 0) is 161 Å². The highest BCUT2D eigenvalue weighted by Gasteiger charge is 2.30. The molecule has 0 aliphatic rings. The molecule has 0 bridgehead atoms. The maximum Gasteiger partial charge on any atom is 0.472 e. The van der Waals surface area contributed by atoms with Gasteiger partial charge in [-0.2, -0.15) is 0 Å². The van der Waals surface area contributed by atoms with E-state index in [-0.39, 0.29) is 19.3 Å². The van der Waals surface area contributed by atoms with Crippen LogP contribution in [0.25, 0.3) is 0 Å². The molecule has 0 amide bonds. The highest BCUT2D eigenvalue weighted by Crippen LogP contribution is 2.45. The Morgan fingerprint density at radius 2 is 0.413 bits per heavy atom. The molecule has 16 nitrogen and oxygen atoms in total. The van der Waals surface area contributed by atoms with E-state index in [2.05, 4.69) is 215 Å². The van der Waals surface area contributed by atoms with Crippen molar-refractivity contribution in [2.45, 2.75) is 399 Å². The number of esters is 3. The molecule has 0 aliphatic carbocycles. The third kappa shape index (κ3) is 94.9. The van der Waals surface area contributed by atoms with Crippen LogP contribution in [0.1, 0.15) is 380 Å². The average Bonchev–Trinajstić information content (AvgIpc) is 0.895. The van der Waals surface area contributed by atoms with Crippen LogP contribution < -0.4 is 0 Å². The van der Waals surface area contributed by atoms with Gasteiger partial charge in [0.05, 0.1) is 26.4 Å². The lowest BCUT2D eigenvalue weighted by atomic mass is 10.0. The number of phosphoric acid groups is 2. The quantitative estimate of drug-likeness (QED) is 0.0146. The standard InChI is InChI=1S/C103H172O16P2/c1-4-7-10-13-16-19-22-25-28-31-34-36-38-40-42-44-46-47-48-49-51-53-54-56-58-60-63-65-68-71-74-77-80-83-86-89-101(106)113-92-98(104)93-115-120(109,110)116-94-99(105)95-117-121(111,112)118-97-100(119-103(108)91-88-85-82-79-76-73-70-67-62-33-30-27-24-21-18-15-12-9-6-3)96-114-102(107)90-87-84-81-78-75-72-69-66-64-61-59-57-55-52-50-45-43-41-39-37-35-32-29-26-23-20-17-14-11-8-5-2/h7-12,16-21,25-30,34-37,40-43,46-47,50,52,62,67,98-100,104-105H,4-6,13-15,22-24,31-33,38-39,44-45,48-49,51,53-61,63-66,68-97H2,1-3H3,(H,109,110)(H,111,112)/b10-7-,11-8-,12-9-,19-16-,20-17-,21-18-,28-25-,29-26-,30-27-,36-34-,37-35-,42-40-,43-41-,47-46-,52-50-,67-62-.